The molecule has 1 N–H and O–H groups in total. The van der Waals surface area contributed by atoms with Crippen molar-refractivity contribution in [2.75, 3.05) is 19.0 Å². The van der Waals surface area contributed by atoms with Crippen LogP contribution < -0.4 is 14.8 Å². The molecule has 2 aromatic carbocycles. The molecular formula is C20H22ClNO3. The van der Waals surface area contributed by atoms with Crippen molar-refractivity contribution in [1.29, 1.82) is 0 Å². The van der Waals surface area contributed by atoms with Crippen molar-refractivity contribution in [3.05, 3.63) is 58.6 Å². The Hall–Kier alpha value is -2.46. The van der Waals surface area contributed by atoms with Gasteiger partial charge in [-0.15, -0.1) is 0 Å². The van der Waals surface area contributed by atoms with E-state index in [1.807, 2.05) is 31.2 Å². The van der Waals surface area contributed by atoms with Crippen molar-refractivity contribution >= 4 is 29.3 Å². The molecule has 4 nitrogen and oxygen atoms in total. The third-order valence-electron chi connectivity index (χ3n) is 3.62. The highest BCUT2D eigenvalue weighted by Gasteiger charge is 2.10. The molecule has 2 rings (SSSR count). The largest absolute Gasteiger partial charge is 0.491 e. The highest BCUT2D eigenvalue weighted by atomic mass is 35.5. The van der Waals surface area contributed by atoms with E-state index in [2.05, 4.69) is 12.2 Å². The van der Waals surface area contributed by atoms with Crippen molar-refractivity contribution in [2.45, 2.75) is 20.3 Å². The number of ether oxygens (including phenoxy) is 2. The molecule has 2 aromatic rings. The zero-order valence-electron chi connectivity index (χ0n) is 14.6. The monoisotopic (exact) mass is 359 g/mol. The molecule has 0 radical (unpaired) electrons. The molecule has 0 aliphatic rings. The first-order chi connectivity index (χ1) is 12.1. The normalized spacial score (nSPS) is 10.7. The number of methoxy groups -OCH3 is 1. The van der Waals surface area contributed by atoms with Gasteiger partial charge in [0.15, 0.2) is 11.5 Å². The number of benzene rings is 2. The third-order valence-corrected chi connectivity index (χ3v) is 3.90. The maximum Gasteiger partial charge on any atom is 0.248 e. The summed E-state index contributed by atoms with van der Waals surface area (Å²) in [4.78, 5) is 12.2. The molecule has 0 aliphatic heterocycles. The van der Waals surface area contributed by atoms with E-state index in [9.17, 15) is 4.79 Å². The van der Waals surface area contributed by atoms with Gasteiger partial charge in [0.05, 0.1) is 18.7 Å². The zero-order valence-corrected chi connectivity index (χ0v) is 15.4. The molecule has 0 spiro atoms. The quantitative estimate of drug-likeness (QED) is 0.710. The summed E-state index contributed by atoms with van der Waals surface area (Å²) >= 11 is 6.22. The summed E-state index contributed by atoms with van der Waals surface area (Å²) in [6, 6.07) is 11.3. The number of halogens is 1. The van der Waals surface area contributed by atoms with E-state index in [-0.39, 0.29) is 5.91 Å². The number of rotatable bonds is 7. The van der Waals surface area contributed by atoms with Gasteiger partial charge in [-0.05, 0) is 48.7 Å². The second-order valence-electron chi connectivity index (χ2n) is 5.30. The van der Waals surface area contributed by atoms with E-state index >= 15 is 0 Å². The Labute approximate surface area is 153 Å². The molecule has 0 atom stereocenters. The van der Waals surface area contributed by atoms with Crippen LogP contribution in [0.2, 0.25) is 5.02 Å². The van der Waals surface area contributed by atoms with E-state index in [4.69, 9.17) is 21.1 Å². The van der Waals surface area contributed by atoms with E-state index < -0.39 is 0 Å². The lowest BCUT2D eigenvalue weighted by Crippen LogP contribution is -2.09. The van der Waals surface area contributed by atoms with Gasteiger partial charge in [0.25, 0.3) is 0 Å². The zero-order chi connectivity index (χ0) is 18.2. The smallest absolute Gasteiger partial charge is 0.248 e. The SMILES string of the molecule is CCOc1cc(/C=C/C(=O)Nc2ccccc2CC)cc(Cl)c1OC. The highest BCUT2D eigenvalue weighted by molar-refractivity contribution is 6.32. The molecule has 0 aliphatic carbocycles. The summed E-state index contributed by atoms with van der Waals surface area (Å²) in [5, 5.41) is 3.33. The minimum atomic E-state index is -0.203. The van der Waals surface area contributed by atoms with Gasteiger partial charge >= 0.3 is 0 Å². The van der Waals surface area contributed by atoms with E-state index in [0.29, 0.717) is 23.1 Å². The van der Waals surface area contributed by atoms with E-state index in [1.165, 1.54) is 13.2 Å². The van der Waals surface area contributed by atoms with Crippen molar-refractivity contribution in [3.8, 4) is 11.5 Å². The van der Waals surface area contributed by atoms with Crippen LogP contribution in [0, 0.1) is 0 Å². The fraction of sp³-hybridized carbons (Fsp3) is 0.250. The number of hydrogen-bond donors (Lipinski definition) is 1. The van der Waals surface area contributed by atoms with Crippen LogP contribution in [-0.4, -0.2) is 19.6 Å². The predicted molar refractivity (Wildman–Crippen MR) is 103 cm³/mol. The topological polar surface area (TPSA) is 47.6 Å². The van der Waals surface area contributed by atoms with Gasteiger partial charge in [-0.25, -0.2) is 0 Å². The Morgan fingerprint density at radius 1 is 1.24 bits per heavy atom. The Morgan fingerprint density at radius 2 is 2.00 bits per heavy atom. The van der Waals surface area contributed by atoms with E-state index in [0.717, 1.165) is 23.2 Å². The maximum atomic E-state index is 12.2. The molecule has 0 saturated heterocycles. The molecule has 1 amide bonds. The van der Waals surface area contributed by atoms with Crippen molar-refractivity contribution in [1.82, 2.24) is 0 Å². The minimum Gasteiger partial charge on any atom is -0.491 e. The van der Waals surface area contributed by atoms with Gasteiger partial charge in [0.2, 0.25) is 5.91 Å². The Bertz CT molecular complexity index is 772. The third kappa shape index (κ3) is 5.00. The second-order valence-corrected chi connectivity index (χ2v) is 5.71. The van der Waals surface area contributed by atoms with Gasteiger partial charge < -0.3 is 14.8 Å². The lowest BCUT2D eigenvalue weighted by atomic mass is 10.1. The number of anilines is 1. The molecule has 0 fully saturated rings. The molecular weight excluding hydrogens is 338 g/mol. The Balaban J connectivity index is 2.16. The Morgan fingerprint density at radius 3 is 2.68 bits per heavy atom. The lowest BCUT2D eigenvalue weighted by Gasteiger charge is -2.12. The van der Waals surface area contributed by atoms with Gasteiger partial charge in [-0.1, -0.05) is 36.7 Å². The first-order valence-electron chi connectivity index (χ1n) is 8.16. The van der Waals surface area contributed by atoms with Crippen LogP contribution in [-0.2, 0) is 11.2 Å². The molecule has 0 aromatic heterocycles. The molecule has 0 unspecified atom stereocenters. The average molecular weight is 360 g/mol. The summed E-state index contributed by atoms with van der Waals surface area (Å²) in [5.41, 5.74) is 2.67. The van der Waals surface area contributed by atoms with Crippen LogP contribution in [0.3, 0.4) is 0 Å². The standard InChI is InChI=1S/C20H22ClNO3/c1-4-15-8-6-7-9-17(15)22-19(23)11-10-14-12-16(21)20(24-3)18(13-14)25-5-2/h6-13H,4-5H2,1-3H3,(H,22,23)/b11-10+. The van der Waals surface area contributed by atoms with Gasteiger partial charge in [-0.3, -0.25) is 4.79 Å². The molecule has 0 bridgehead atoms. The lowest BCUT2D eigenvalue weighted by molar-refractivity contribution is -0.111. The van der Waals surface area contributed by atoms with E-state index in [1.54, 1.807) is 18.2 Å². The number of carbonyl (C=O) groups is 1. The number of para-hydroxylation sites is 1. The maximum absolute atomic E-state index is 12.2. The van der Waals surface area contributed by atoms with Crippen molar-refractivity contribution in [2.24, 2.45) is 0 Å². The van der Waals surface area contributed by atoms with Gasteiger partial charge in [0.1, 0.15) is 0 Å². The molecule has 132 valence electrons. The predicted octanol–water partition coefficient (Wildman–Crippen LogP) is 4.96. The summed E-state index contributed by atoms with van der Waals surface area (Å²) in [7, 11) is 1.54. The second kappa shape index (κ2) is 9.14. The summed E-state index contributed by atoms with van der Waals surface area (Å²) in [6.07, 6.45) is 4.02. The first-order valence-corrected chi connectivity index (χ1v) is 8.54. The van der Waals surface area contributed by atoms with Crippen LogP contribution in [0.25, 0.3) is 6.08 Å². The summed E-state index contributed by atoms with van der Waals surface area (Å²) in [5.74, 6) is 0.835. The van der Waals surface area contributed by atoms with Crippen LogP contribution in [0.4, 0.5) is 5.69 Å². The van der Waals surface area contributed by atoms with Crippen LogP contribution in [0.1, 0.15) is 25.0 Å². The highest BCUT2D eigenvalue weighted by Crippen LogP contribution is 2.36. The molecule has 0 saturated carbocycles. The molecule has 25 heavy (non-hydrogen) atoms. The molecule has 0 heterocycles. The minimum absolute atomic E-state index is 0.203. The summed E-state index contributed by atoms with van der Waals surface area (Å²) < 4.78 is 10.8. The number of hydrogen-bond acceptors (Lipinski definition) is 3. The van der Waals surface area contributed by atoms with Gasteiger partial charge in [-0.2, -0.15) is 0 Å². The summed E-state index contributed by atoms with van der Waals surface area (Å²) in [6.45, 7) is 4.43. The van der Waals surface area contributed by atoms with Crippen molar-refractivity contribution in [3.63, 3.8) is 0 Å². The number of carbonyl (C=O) groups excluding carboxylic acids is 1. The fourth-order valence-electron chi connectivity index (χ4n) is 2.44. The van der Waals surface area contributed by atoms with Crippen LogP contribution in [0.5, 0.6) is 11.5 Å². The van der Waals surface area contributed by atoms with Crippen molar-refractivity contribution < 1.29 is 14.3 Å². The van der Waals surface area contributed by atoms with Crippen LogP contribution in [0.15, 0.2) is 42.5 Å². The molecule has 5 heteroatoms. The number of aryl methyl sites for hydroxylation is 1. The number of nitrogens with one attached hydrogen (secondary N) is 1. The average Bonchev–Trinajstić information content (AvgIpc) is 2.60. The first kappa shape index (κ1) is 18.9. The van der Waals surface area contributed by atoms with Gasteiger partial charge in [0, 0.05) is 11.8 Å². The Kier molecular flexibility index (Phi) is 6.90. The number of amides is 1. The van der Waals surface area contributed by atoms with Crippen LogP contribution >= 0.6 is 11.6 Å². The fourth-order valence-corrected chi connectivity index (χ4v) is 2.74.